The number of thioether (sulfide) groups is 1. The largest absolute Gasteiger partial charge is 0.497 e. The molecule has 2 aromatic carbocycles. The average Bonchev–Trinajstić information content (AvgIpc) is 3.34. The molecule has 2 aliphatic rings. The van der Waals surface area contributed by atoms with E-state index in [1.54, 1.807) is 13.3 Å². The highest BCUT2D eigenvalue weighted by Crippen LogP contribution is 2.34. The molecule has 1 aliphatic heterocycles. The molecule has 6 rings (SSSR count). The molecule has 192 valence electrons. The molecule has 2 amide bonds. The van der Waals surface area contributed by atoms with Crippen LogP contribution in [0.25, 0.3) is 16.6 Å². The number of carboxylic acids is 1. The number of aromatic nitrogens is 3. The minimum atomic E-state index is -1.19. The van der Waals surface area contributed by atoms with Gasteiger partial charge in [0.1, 0.15) is 5.75 Å². The van der Waals surface area contributed by atoms with Crippen LogP contribution in [0.15, 0.2) is 53.7 Å². The molecular weight excluding hydrogens is 506 g/mol. The van der Waals surface area contributed by atoms with Crippen LogP contribution in [0.2, 0.25) is 0 Å². The van der Waals surface area contributed by atoms with Gasteiger partial charge in [0.25, 0.3) is 5.91 Å². The number of aromatic carboxylic acids is 1. The number of carbonyl (C=O) groups excluding carboxylic acids is 2. The Morgan fingerprint density at radius 3 is 2.89 bits per heavy atom. The number of carbonyl (C=O) groups is 3. The van der Waals surface area contributed by atoms with Crippen molar-refractivity contribution >= 4 is 46.1 Å². The fraction of sp³-hybridized carbons (Fsp3) is 0.222. The zero-order valence-corrected chi connectivity index (χ0v) is 21.2. The number of nitrogens with zero attached hydrogens (tertiary/aromatic N) is 3. The summed E-state index contributed by atoms with van der Waals surface area (Å²) in [7, 11) is 1.62. The third kappa shape index (κ3) is 4.34. The summed E-state index contributed by atoms with van der Waals surface area (Å²) in [5.74, 6) is -0.924. The molecule has 4 aromatic rings. The second kappa shape index (κ2) is 9.49. The van der Waals surface area contributed by atoms with Crippen molar-refractivity contribution in [3.8, 4) is 11.4 Å². The van der Waals surface area contributed by atoms with Gasteiger partial charge in [0.2, 0.25) is 5.91 Å². The van der Waals surface area contributed by atoms with E-state index in [0.717, 1.165) is 33.6 Å². The first-order chi connectivity index (χ1) is 18.4. The zero-order valence-electron chi connectivity index (χ0n) is 20.4. The van der Waals surface area contributed by atoms with E-state index in [1.807, 2.05) is 35.1 Å². The van der Waals surface area contributed by atoms with Crippen LogP contribution in [0, 0.1) is 0 Å². The number of methoxy groups -OCH3 is 1. The van der Waals surface area contributed by atoms with E-state index in [4.69, 9.17) is 9.84 Å². The van der Waals surface area contributed by atoms with Crippen molar-refractivity contribution in [2.45, 2.75) is 30.2 Å². The van der Waals surface area contributed by atoms with E-state index in [1.165, 1.54) is 23.9 Å². The smallest absolute Gasteiger partial charge is 0.336 e. The SMILES string of the molecule is COc1ccc2nccc(-n3cc4c(n3)CCC(NC(=O)c3cc5c(cc3C(=O)O)SCC(=O)N5)C4)c2c1. The molecular formula is C27H23N5O5S. The number of ether oxygens (including phenoxy) is 1. The van der Waals surface area contributed by atoms with Crippen LogP contribution < -0.4 is 15.4 Å². The van der Waals surface area contributed by atoms with Crippen molar-refractivity contribution in [1.82, 2.24) is 20.1 Å². The summed E-state index contributed by atoms with van der Waals surface area (Å²) in [4.78, 5) is 42.0. The normalized spacial score (nSPS) is 16.3. The third-order valence-corrected chi connectivity index (χ3v) is 7.86. The summed E-state index contributed by atoms with van der Waals surface area (Å²) >= 11 is 1.25. The molecule has 38 heavy (non-hydrogen) atoms. The van der Waals surface area contributed by atoms with E-state index < -0.39 is 11.9 Å². The van der Waals surface area contributed by atoms with Gasteiger partial charge in [-0.15, -0.1) is 11.8 Å². The van der Waals surface area contributed by atoms with Gasteiger partial charge in [0, 0.05) is 28.7 Å². The predicted octanol–water partition coefficient (Wildman–Crippen LogP) is 3.46. The van der Waals surface area contributed by atoms with E-state index in [-0.39, 0.29) is 28.8 Å². The molecule has 0 radical (unpaired) electrons. The number of aryl methyl sites for hydroxylation is 1. The maximum absolute atomic E-state index is 13.2. The fourth-order valence-electron chi connectivity index (χ4n) is 4.94. The molecule has 1 aliphatic carbocycles. The molecule has 3 heterocycles. The first-order valence-corrected chi connectivity index (χ1v) is 13.0. The molecule has 0 bridgehead atoms. The second-order valence-corrected chi connectivity index (χ2v) is 10.2. The lowest BCUT2D eigenvalue weighted by molar-refractivity contribution is -0.113. The van der Waals surface area contributed by atoms with E-state index in [9.17, 15) is 19.5 Å². The van der Waals surface area contributed by atoms with Gasteiger partial charge < -0.3 is 20.5 Å². The number of benzene rings is 2. The Bertz CT molecular complexity index is 1630. The Labute approximate surface area is 221 Å². The van der Waals surface area contributed by atoms with Crippen molar-refractivity contribution in [3.05, 3.63) is 71.2 Å². The molecule has 1 atom stereocenters. The average molecular weight is 530 g/mol. The Morgan fingerprint density at radius 2 is 2.08 bits per heavy atom. The molecule has 0 spiro atoms. The number of carboxylic acid groups (broad SMARTS) is 1. The number of hydrogen-bond acceptors (Lipinski definition) is 7. The first kappa shape index (κ1) is 24.0. The third-order valence-electron chi connectivity index (χ3n) is 6.81. The molecule has 0 fully saturated rings. The highest BCUT2D eigenvalue weighted by molar-refractivity contribution is 8.00. The van der Waals surface area contributed by atoms with Gasteiger partial charge in [-0.25, -0.2) is 9.48 Å². The fourth-order valence-corrected chi connectivity index (χ4v) is 5.77. The second-order valence-electron chi connectivity index (χ2n) is 9.21. The van der Waals surface area contributed by atoms with Crippen LogP contribution in [0.5, 0.6) is 5.75 Å². The van der Waals surface area contributed by atoms with Gasteiger partial charge in [-0.2, -0.15) is 5.10 Å². The highest BCUT2D eigenvalue weighted by atomic mass is 32.2. The van der Waals surface area contributed by atoms with Crippen LogP contribution in [-0.2, 0) is 17.6 Å². The van der Waals surface area contributed by atoms with Gasteiger partial charge in [0.05, 0.1) is 46.6 Å². The molecule has 0 saturated carbocycles. The van der Waals surface area contributed by atoms with E-state index in [0.29, 0.717) is 29.8 Å². The lowest BCUT2D eigenvalue weighted by atomic mass is 9.93. The molecule has 0 saturated heterocycles. The maximum atomic E-state index is 13.2. The van der Waals surface area contributed by atoms with Crippen molar-refractivity contribution in [1.29, 1.82) is 0 Å². The predicted molar refractivity (Wildman–Crippen MR) is 141 cm³/mol. The number of pyridine rings is 1. The van der Waals surface area contributed by atoms with Crippen molar-refractivity contribution in [2.75, 3.05) is 18.2 Å². The minimum absolute atomic E-state index is 0.0257. The number of anilines is 1. The lowest BCUT2D eigenvalue weighted by Crippen LogP contribution is -2.39. The summed E-state index contributed by atoms with van der Waals surface area (Å²) < 4.78 is 7.22. The summed E-state index contributed by atoms with van der Waals surface area (Å²) in [6, 6.07) is 10.3. The molecule has 10 nitrogen and oxygen atoms in total. The summed E-state index contributed by atoms with van der Waals surface area (Å²) in [5.41, 5.74) is 4.08. The van der Waals surface area contributed by atoms with Crippen LogP contribution in [-0.4, -0.2) is 56.6 Å². The number of nitrogens with one attached hydrogen (secondary N) is 2. The quantitative estimate of drug-likeness (QED) is 0.358. The van der Waals surface area contributed by atoms with Gasteiger partial charge in [0.15, 0.2) is 0 Å². The van der Waals surface area contributed by atoms with Crippen molar-refractivity contribution in [3.63, 3.8) is 0 Å². The molecule has 2 aromatic heterocycles. The van der Waals surface area contributed by atoms with E-state index >= 15 is 0 Å². The monoisotopic (exact) mass is 529 g/mol. The van der Waals surface area contributed by atoms with Crippen LogP contribution in [0.1, 0.15) is 38.4 Å². The van der Waals surface area contributed by atoms with Crippen molar-refractivity contribution < 1.29 is 24.2 Å². The highest BCUT2D eigenvalue weighted by Gasteiger charge is 2.28. The number of amides is 2. The minimum Gasteiger partial charge on any atom is -0.497 e. The maximum Gasteiger partial charge on any atom is 0.336 e. The standard InChI is InChI=1S/C27H23N5O5S/c1-37-16-3-5-21-19(9-16)23(6-7-28-21)32-12-14-8-15(2-4-20(14)31-32)29-26(34)17-10-22-24(11-18(17)27(35)36)38-13-25(33)30-22/h3,5-7,9-12,15H,2,4,8,13H2,1H3,(H,29,34)(H,30,33)(H,35,36). The Balaban J connectivity index is 1.25. The van der Waals surface area contributed by atoms with Crippen LogP contribution in [0.4, 0.5) is 5.69 Å². The number of fused-ring (bicyclic) bond motifs is 3. The zero-order chi connectivity index (χ0) is 26.4. The Kier molecular flexibility index (Phi) is 5.99. The lowest BCUT2D eigenvalue weighted by Gasteiger charge is -2.24. The molecule has 3 N–H and O–H groups in total. The van der Waals surface area contributed by atoms with Gasteiger partial charge >= 0.3 is 5.97 Å². The Morgan fingerprint density at radius 1 is 1.21 bits per heavy atom. The van der Waals surface area contributed by atoms with Crippen LogP contribution >= 0.6 is 11.8 Å². The van der Waals surface area contributed by atoms with E-state index in [2.05, 4.69) is 15.6 Å². The number of rotatable bonds is 5. The van der Waals surface area contributed by atoms with Gasteiger partial charge in [-0.1, -0.05) is 0 Å². The van der Waals surface area contributed by atoms with Gasteiger partial charge in [-0.3, -0.25) is 14.6 Å². The summed E-state index contributed by atoms with van der Waals surface area (Å²) in [6.07, 6.45) is 5.61. The number of hydrogen-bond donors (Lipinski definition) is 3. The van der Waals surface area contributed by atoms with Crippen LogP contribution in [0.3, 0.4) is 0 Å². The van der Waals surface area contributed by atoms with Gasteiger partial charge in [-0.05, 0) is 61.2 Å². The Hall–Kier alpha value is -4.38. The molecule has 11 heteroatoms. The summed E-state index contributed by atoms with van der Waals surface area (Å²) in [5, 5.41) is 21.2. The van der Waals surface area contributed by atoms with Crippen molar-refractivity contribution in [2.24, 2.45) is 0 Å². The molecule has 1 unspecified atom stereocenters. The first-order valence-electron chi connectivity index (χ1n) is 12.0. The summed E-state index contributed by atoms with van der Waals surface area (Å²) in [6.45, 7) is 0. The topological polar surface area (TPSA) is 135 Å².